The van der Waals surface area contributed by atoms with Gasteiger partial charge < -0.3 is 25.4 Å². The van der Waals surface area contributed by atoms with Crippen LogP contribution in [-0.4, -0.2) is 67.6 Å². The van der Waals surface area contributed by atoms with Crippen LogP contribution in [0.4, 0.5) is 11.5 Å². The second-order valence-electron chi connectivity index (χ2n) is 20.5. The average Bonchev–Trinajstić information content (AvgIpc) is 3.42. The number of nitrogens with zero attached hydrogens (tertiary/aromatic N) is 2. The van der Waals surface area contributed by atoms with Gasteiger partial charge in [0, 0.05) is 54.5 Å². The number of pyridine rings is 1. The highest BCUT2D eigenvalue weighted by Gasteiger charge is 2.40. The SMILES string of the molecule is C=C(/C=C/C=C1/N(CCCCCC(=O)NCc2ccc3c(c2)Cc2cc(OCCCNc4cc(C)ccn4)ccc2CC3CC(=O)O)c2ccc(S(=O)(=O)O)cc2C1(C)C)C(C)(C)c1cc(S(=O)(=O)O)ccc1C. The first-order valence-electron chi connectivity index (χ1n) is 25.0. The zero-order valence-corrected chi connectivity index (χ0v) is 44.7. The summed E-state index contributed by atoms with van der Waals surface area (Å²) in [7, 11) is -8.89. The molecule has 74 heavy (non-hydrogen) atoms. The van der Waals surface area contributed by atoms with E-state index in [1.165, 1.54) is 24.3 Å². The maximum Gasteiger partial charge on any atom is 0.303 e. The number of aryl methyl sites for hydroxylation is 2. The number of hydrogen-bond donors (Lipinski definition) is 5. The third-order valence-electron chi connectivity index (χ3n) is 14.4. The van der Waals surface area contributed by atoms with Crippen LogP contribution in [0.1, 0.15) is 122 Å². The van der Waals surface area contributed by atoms with Gasteiger partial charge in [0.1, 0.15) is 11.6 Å². The van der Waals surface area contributed by atoms with Gasteiger partial charge >= 0.3 is 5.97 Å². The lowest BCUT2D eigenvalue weighted by molar-refractivity contribution is -0.137. The van der Waals surface area contributed by atoms with E-state index in [2.05, 4.69) is 39.2 Å². The summed E-state index contributed by atoms with van der Waals surface area (Å²) in [5.41, 5.74) is 9.52. The van der Waals surface area contributed by atoms with E-state index in [-0.39, 0.29) is 28.0 Å². The molecule has 2 heterocycles. The number of unbranched alkanes of at least 4 members (excludes halogenated alkanes) is 2. The van der Waals surface area contributed by atoms with Crippen LogP contribution in [0.3, 0.4) is 0 Å². The summed E-state index contributed by atoms with van der Waals surface area (Å²) >= 11 is 0. The molecule has 0 saturated heterocycles. The van der Waals surface area contributed by atoms with E-state index in [1.54, 1.807) is 18.3 Å². The van der Waals surface area contributed by atoms with E-state index < -0.39 is 37.0 Å². The number of carbonyl (C=O) groups excluding carboxylic acids is 1. The van der Waals surface area contributed by atoms with Crippen LogP contribution < -0.4 is 20.3 Å². The Morgan fingerprint density at radius 3 is 2.35 bits per heavy atom. The lowest BCUT2D eigenvalue weighted by atomic mass is 9.76. The number of allylic oxidation sites excluding steroid dienone is 5. The molecule has 4 aromatic carbocycles. The Balaban J connectivity index is 0.966. The third kappa shape index (κ3) is 13.4. The van der Waals surface area contributed by atoms with Gasteiger partial charge in [-0.25, -0.2) is 4.98 Å². The third-order valence-corrected chi connectivity index (χ3v) is 16.1. The Kier molecular flexibility index (Phi) is 17.1. The number of ether oxygens (including phenoxy) is 1. The maximum absolute atomic E-state index is 13.3. The summed E-state index contributed by atoms with van der Waals surface area (Å²) in [6.45, 7) is 18.2. The number of amides is 1. The van der Waals surface area contributed by atoms with Gasteiger partial charge in [0.25, 0.3) is 20.2 Å². The Hall–Kier alpha value is -6.59. The van der Waals surface area contributed by atoms with Gasteiger partial charge in [-0.15, -0.1) is 0 Å². The number of carboxylic acids is 1. The summed E-state index contributed by atoms with van der Waals surface area (Å²) < 4.78 is 74.2. The number of aliphatic carboxylic acids is 1. The van der Waals surface area contributed by atoms with E-state index in [4.69, 9.17) is 4.74 Å². The Bertz CT molecular complexity index is 3230. The van der Waals surface area contributed by atoms with Crippen molar-refractivity contribution in [1.82, 2.24) is 10.3 Å². The molecule has 1 unspecified atom stereocenters. The quantitative estimate of drug-likeness (QED) is 0.0248. The molecule has 1 aliphatic heterocycles. The molecule has 1 aliphatic carbocycles. The summed E-state index contributed by atoms with van der Waals surface area (Å²) in [6.07, 6.45) is 11.8. The van der Waals surface area contributed by atoms with Crippen molar-refractivity contribution in [3.8, 4) is 5.75 Å². The summed E-state index contributed by atoms with van der Waals surface area (Å²) in [5.74, 6) is 0.457. The molecule has 16 heteroatoms. The molecule has 0 spiro atoms. The predicted octanol–water partition coefficient (Wildman–Crippen LogP) is 10.7. The lowest BCUT2D eigenvalue weighted by Crippen LogP contribution is -2.27. The molecule has 7 rings (SSSR count). The second-order valence-corrected chi connectivity index (χ2v) is 23.4. The minimum atomic E-state index is -4.47. The van der Waals surface area contributed by atoms with Gasteiger partial charge in [-0.2, -0.15) is 16.8 Å². The van der Waals surface area contributed by atoms with E-state index >= 15 is 0 Å². The van der Waals surface area contributed by atoms with Gasteiger partial charge in [-0.1, -0.05) is 83.2 Å². The smallest absolute Gasteiger partial charge is 0.303 e. The summed E-state index contributed by atoms with van der Waals surface area (Å²) in [4.78, 5) is 31.4. The summed E-state index contributed by atoms with van der Waals surface area (Å²) in [5, 5.41) is 16.3. The molecule has 0 fully saturated rings. The van der Waals surface area contributed by atoms with E-state index in [0.29, 0.717) is 69.5 Å². The maximum atomic E-state index is 13.3. The lowest BCUT2D eigenvalue weighted by Gasteiger charge is -2.29. The Labute approximate surface area is 436 Å². The van der Waals surface area contributed by atoms with Gasteiger partial charge in [0.05, 0.1) is 22.8 Å². The number of nitrogens with one attached hydrogen (secondary N) is 2. The van der Waals surface area contributed by atoms with Crippen LogP contribution in [0.25, 0.3) is 0 Å². The van der Waals surface area contributed by atoms with Crippen LogP contribution >= 0.6 is 0 Å². The topological polar surface area (TPSA) is 213 Å². The minimum absolute atomic E-state index is 0.00518. The van der Waals surface area contributed by atoms with Crippen molar-refractivity contribution in [3.05, 3.63) is 177 Å². The van der Waals surface area contributed by atoms with Crippen molar-refractivity contribution in [2.45, 2.75) is 126 Å². The molecule has 5 N–H and O–H groups in total. The molecule has 392 valence electrons. The fourth-order valence-corrected chi connectivity index (χ4v) is 11.1. The monoisotopic (exact) mass is 1040 g/mol. The molecule has 0 saturated carbocycles. The number of aromatic nitrogens is 1. The van der Waals surface area contributed by atoms with Gasteiger partial charge in [0.2, 0.25) is 5.91 Å². The fraction of sp³-hybridized carbons (Fsp3) is 0.362. The van der Waals surface area contributed by atoms with Gasteiger partial charge in [-0.3, -0.25) is 18.7 Å². The highest BCUT2D eigenvalue weighted by molar-refractivity contribution is 7.86. The molecule has 0 bridgehead atoms. The van der Waals surface area contributed by atoms with Crippen LogP contribution in [0.5, 0.6) is 5.75 Å². The van der Waals surface area contributed by atoms with Gasteiger partial charge in [-0.05, 0) is 168 Å². The largest absolute Gasteiger partial charge is 0.494 e. The first-order chi connectivity index (χ1) is 34.9. The van der Waals surface area contributed by atoms with Crippen molar-refractivity contribution in [1.29, 1.82) is 0 Å². The zero-order valence-electron chi connectivity index (χ0n) is 43.1. The number of carboxylic acid groups (broad SMARTS) is 1. The standard InChI is InChI=1S/C58H68N4O10S2/c1-38-24-26-60-54(29-38)59-25-12-28-72-46-19-18-42-31-45(34-56(64)65)49-22-17-41(30-44(49)32-43(42)33-46)37-61-55(63)15-9-8-10-27-62-52-23-21-48(74(69,70)71)36-51(52)58(6,7)53(62)14-11-13-40(3)57(4,5)50-35-47(73(66,67)68)20-16-39(50)2/h11,13-14,16-24,26,29-30,33,35-36,45H,3,8-10,12,15,25,27-28,31-32,34,37H2,1-2,4-7H3,(H,59,60)(H,61,63)(H,64,65)(H,66,67,68)(H,69,70,71)/b13-11+,53-14+. The molecule has 1 aromatic heterocycles. The van der Waals surface area contributed by atoms with Crippen LogP contribution in [0, 0.1) is 13.8 Å². The van der Waals surface area contributed by atoms with Crippen LogP contribution in [0.2, 0.25) is 0 Å². The highest BCUT2D eigenvalue weighted by Crippen LogP contribution is 2.49. The molecule has 2 aliphatic rings. The molecule has 5 aromatic rings. The number of benzene rings is 4. The normalized spacial score (nSPS) is 15.8. The molecule has 0 radical (unpaired) electrons. The Morgan fingerprint density at radius 2 is 1.62 bits per heavy atom. The van der Waals surface area contributed by atoms with Crippen molar-refractivity contribution < 1.29 is 45.4 Å². The number of fused-ring (bicyclic) bond motifs is 3. The van der Waals surface area contributed by atoms with E-state index in [9.17, 15) is 40.6 Å². The van der Waals surface area contributed by atoms with Crippen molar-refractivity contribution in [3.63, 3.8) is 0 Å². The van der Waals surface area contributed by atoms with Gasteiger partial charge in [0.15, 0.2) is 0 Å². The molecule has 14 nitrogen and oxygen atoms in total. The van der Waals surface area contributed by atoms with Crippen molar-refractivity contribution >= 4 is 43.6 Å². The Morgan fingerprint density at radius 1 is 0.878 bits per heavy atom. The van der Waals surface area contributed by atoms with Crippen molar-refractivity contribution in [2.24, 2.45) is 0 Å². The average molecular weight is 1050 g/mol. The minimum Gasteiger partial charge on any atom is -0.494 e. The molecular formula is C58H68N4O10S2. The number of carbonyl (C=O) groups is 2. The van der Waals surface area contributed by atoms with Crippen LogP contribution in [-0.2, 0) is 60.0 Å². The predicted molar refractivity (Wildman–Crippen MR) is 289 cm³/mol. The first-order valence-corrected chi connectivity index (χ1v) is 27.9. The number of hydrogen-bond acceptors (Lipinski definition) is 10. The van der Waals surface area contributed by atoms with Crippen LogP contribution in [0.15, 0.2) is 137 Å². The number of anilines is 2. The molecular weight excluding hydrogens is 977 g/mol. The molecule has 1 atom stereocenters. The molecule has 1 amide bonds. The fourth-order valence-electron chi connectivity index (χ4n) is 10.1. The number of rotatable bonds is 22. The summed E-state index contributed by atoms with van der Waals surface area (Å²) in [6, 6.07) is 25.2. The van der Waals surface area contributed by atoms with Crippen molar-refractivity contribution in [2.75, 3.05) is 29.9 Å². The van der Waals surface area contributed by atoms with E-state index in [1.807, 2.05) is 96.2 Å². The van der Waals surface area contributed by atoms with E-state index in [0.717, 1.165) is 80.3 Å². The first kappa shape index (κ1) is 55.2. The second kappa shape index (κ2) is 22.9. The highest BCUT2D eigenvalue weighted by atomic mass is 32.2. The zero-order chi connectivity index (χ0) is 53.6.